The highest BCUT2D eigenvalue weighted by Gasteiger charge is 1.96. The van der Waals surface area contributed by atoms with E-state index in [9.17, 15) is 5.11 Å². The van der Waals surface area contributed by atoms with Crippen LogP contribution in [0.3, 0.4) is 0 Å². The van der Waals surface area contributed by atoms with Gasteiger partial charge in [-0.3, -0.25) is 0 Å². The molecule has 17 heavy (non-hydrogen) atoms. The third-order valence-electron chi connectivity index (χ3n) is 2.91. The zero-order chi connectivity index (χ0) is 12.8. The van der Waals surface area contributed by atoms with Crippen LogP contribution in [0.15, 0.2) is 24.3 Å². The SMILES string of the molecule is CCCCCC/C=C\C=C\C(O)CCCCC. The molecule has 0 aliphatic rings. The van der Waals surface area contributed by atoms with E-state index in [-0.39, 0.29) is 6.10 Å². The van der Waals surface area contributed by atoms with Crippen LogP contribution in [-0.4, -0.2) is 11.2 Å². The van der Waals surface area contributed by atoms with Crippen LogP contribution in [0.1, 0.15) is 71.6 Å². The van der Waals surface area contributed by atoms with Crippen LogP contribution in [0.4, 0.5) is 0 Å². The first kappa shape index (κ1) is 16.4. The normalized spacial score (nSPS) is 13.8. The Morgan fingerprint density at radius 3 is 2.29 bits per heavy atom. The van der Waals surface area contributed by atoms with Gasteiger partial charge >= 0.3 is 0 Å². The van der Waals surface area contributed by atoms with Crippen molar-refractivity contribution >= 4 is 0 Å². The topological polar surface area (TPSA) is 20.2 Å². The number of allylic oxidation sites excluding steroid dienone is 3. The molecular formula is C16H30O. The smallest absolute Gasteiger partial charge is 0.0723 e. The van der Waals surface area contributed by atoms with Gasteiger partial charge in [-0.25, -0.2) is 0 Å². The molecule has 0 heterocycles. The molecule has 0 radical (unpaired) electrons. The standard InChI is InChI=1S/C16H30O/c1-3-5-7-8-9-10-11-13-15-16(17)14-12-6-4-2/h10-11,13,15-17H,3-9,12,14H2,1-2H3/b11-10-,15-13+. The van der Waals surface area contributed by atoms with Gasteiger partial charge in [0.15, 0.2) is 0 Å². The van der Waals surface area contributed by atoms with E-state index in [0.29, 0.717) is 0 Å². The molecule has 0 bridgehead atoms. The van der Waals surface area contributed by atoms with Crippen LogP contribution in [0.25, 0.3) is 0 Å². The summed E-state index contributed by atoms with van der Waals surface area (Å²) in [7, 11) is 0. The van der Waals surface area contributed by atoms with E-state index < -0.39 is 0 Å². The Labute approximate surface area is 108 Å². The number of rotatable bonds is 11. The molecule has 0 saturated heterocycles. The lowest BCUT2D eigenvalue weighted by Gasteiger charge is -2.03. The van der Waals surface area contributed by atoms with Crippen LogP contribution < -0.4 is 0 Å². The predicted octanol–water partition coefficient (Wildman–Crippen LogP) is 5.01. The Kier molecular flexibility index (Phi) is 13.1. The van der Waals surface area contributed by atoms with Crippen molar-refractivity contribution in [2.24, 2.45) is 0 Å². The van der Waals surface area contributed by atoms with Crippen molar-refractivity contribution < 1.29 is 5.11 Å². The lowest BCUT2D eigenvalue weighted by Crippen LogP contribution is -2.00. The average Bonchev–Trinajstić information content (AvgIpc) is 2.33. The fourth-order valence-electron chi connectivity index (χ4n) is 1.76. The van der Waals surface area contributed by atoms with Crippen molar-refractivity contribution in [2.45, 2.75) is 77.7 Å². The summed E-state index contributed by atoms with van der Waals surface area (Å²) < 4.78 is 0. The number of hydrogen-bond donors (Lipinski definition) is 1. The second kappa shape index (κ2) is 13.5. The van der Waals surface area contributed by atoms with E-state index in [1.54, 1.807) is 0 Å². The van der Waals surface area contributed by atoms with Crippen LogP contribution in [0.2, 0.25) is 0 Å². The molecule has 0 saturated carbocycles. The van der Waals surface area contributed by atoms with E-state index in [4.69, 9.17) is 0 Å². The van der Waals surface area contributed by atoms with Crippen molar-refractivity contribution in [1.82, 2.24) is 0 Å². The van der Waals surface area contributed by atoms with E-state index in [2.05, 4.69) is 26.0 Å². The fourth-order valence-corrected chi connectivity index (χ4v) is 1.76. The maximum absolute atomic E-state index is 9.63. The molecular weight excluding hydrogens is 208 g/mol. The minimum Gasteiger partial charge on any atom is -0.389 e. The number of aliphatic hydroxyl groups is 1. The Balaban J connectivity index is 3.40. The molecule has 0 rings (SSSR count). The lowest BCUT2D eigenvalue weighted by atomic mass is 10.1. The van der Waals surface area contributed by atoms with Crippen LogP contribution >= 0.6 is 0 Å². The zero-order valence-corrected chi connectivity index (χ0v) is 11.7. The fraction of sp³-hybridized carbons (Fsp3) is 0.750. The van der Waals surface area contributed by atoms with Gasteiger partial charge in [-0.05, 0) is 19.3 Å². The highest BCUT2D eigenvalue weighted by molar-refractivity contribution is 5.04. The molecule has 1 N–H and O–H groups in total. The molecule has 0 aliphatic carbocycles. The summed E-state index contributed by atoms with van der Waals surface area (Å²) >= 11 is 0. The predicted molar refractivity (Wildman–Crippen MR) is 77.2 cm³/mol. The van der Waals surface area contributed by atoms with Crippen molar-refractivity contribution in [2.75, 3.05) is 0 Å². The molecule has 0 aromatic carbocycles. The van der Waals surface area contributed by atoms with Crippen LogP contribution in [0.5, 0.6) is 0 Å². The third kappa shape index (κ3) is 13.4. The molecule has 0 aromatic rings. The first-order valence-corrected chi connectivity index (χ1v) is 7.32. The first-order valence-electron chi connectivity index (χ1n) is 7.32. The second-order valence-electron chi connectivity index (χ2n) is 4.73. The number of aliphatic hydroxyl groups excluding tert-OH is 1. The third-order valence-corrected chi connectivity index (χ3v) is 2.91. The Hall–Kier alpha value is -0.560. The van der Waals surface area contributed by atoms with Gasteiger partial charge in [-0.2, -0.15) is 0 Å². The maximum Gasteiger partial charge on any atom is 0.0723 e. The van der Waals surface area contributed by atoms with Gasteiger partial charge in [0, 0.05) is 0 Å². The summed E-state index contributed by atoms with van der Waals surface area (Å²) in [5.41, 5.74) is 0. The number of unbranched alkanes of at least 4 members (excludes halogenated alkanes) is 6. The molecule has 1 unspecified atom stereocenters. The van der Waals surface area contributed by atoms with Crippen LogP contribution in [0, 0.1) is 0 Å². The summed E-state index contributed by atoms with van der Waals surface area (Å²) in [6, 6.07) is 0. The zero-order valence-electron chi connectivity index (χ0n) is 11.7. The van der Waals surface area contributed by atoms with Crippen molar-refractivity contribution in [3.63, 3.8) is 0 Å². The average molecular weight is 238 g/mol. The summed E-state index contributed by atoms with van der Waals surface area (Å²) in [6.07, 6.45) is 18.8. The van der Waals surface area contributed by atoms with E-state index in [0.717, 1.165) is 19.3 Å². The first-order chi connectivity index (χ1) is 8.31. The van der Waals surface area contributed by atoms with Gasteiger partial charge in [0.1, 0.15) is 0 Å². The summed E-state index contributed by atoms with van der Waals surface area (Å²) in [5.74, 6) is 0. The molecule has 1 heteroatoms. The Morgan fingerprint density at radius 1 is 0.882 bits per heavy atom. The van der Waals surface area contributed by atoms with Gasteiger partial charge in [-0.1, -0.05) is 76.7 Å². The highest BCUT2D eigenvalue weighted by Crippen LogP contribution is 2.05. The van der Waals surface area contributed by atoms with Crippen LogP contribution in [-0.2, 0) is 0 Å². The van der Waals surface area contributed by atoms with Crippen molar-refractivity contribution in [3.8, 4) is 0 Å². The Bertz CT molecular complexity index is 194. The largest absolute Gasteiger partial charge is 0.389 e. The van der Waals surface area contributed by atoms with E-state index in [1.165, 1.54) is 38.5 Å². The van der Waals surface area contributed by atoms with Crippen molar-refractivity contribution in [3.05, 3.63) is 24.3 Å². The molecule has 0 fully saturated rings. The molecule has 100 valence electrons. The monoisotopic (exact) mass is 238 g/mol. The summed E-state index contributed by atoms with van der Waals surface area (Å²) in [4.78, 5) is 0. The van der Waals surface area contributed by atoms with Gasteiger partial charge < -0.3 is 5.11 Å². The lowest BCUT2D eigenvalue weighted by molar-refractivity contribution is 0.208. The van der Waals surface area contributed by atoms with Gasteiger partial charge in [0.25, 0.3) is 0 Å². The summed E-state index contributed by atoms with van der Waals surface area (Å²) in [6.45, 7) is 4.42. The molecule has 0 aliphatic heterocycles. The van der Waals surface area contributed by atoms with Crippen molar-refractivity contribution in [1.29, 1.82) is 0 Å². The molecule has 0 amide bonds. The highest BCUT2D eigenvalue weighted by atomic mass is 16.3. The Morgan fingerprint density at radius 2 is 1.59 bits per heavy atom. The second-order valence-corrected chi connectivity index (χ2v) is 4.73. The van der Waals surface area contributed by atoms with E-state index in [1.807, 2.05) is 12.2 Å². The minimum absolute atomic E-state index is 0.258. The number of hydrogen-bond acceptors (Lipinski definition) is 1. The molecule has 0 aromatic heterocycles. The molecule has 1 nitrogen and oxygen atoms in total. The maximum atomic E-state index is 9.63. The summed E-state index contributed by atoms with van der Waals surface area (Å²) in [5, 5.41) is 9.63. The van der Waals surface area contributed by atoms with Gasteiger partial charge in [-0.15, -0.1) is 0 Å². The van der Waals surface area contributed by atoms with Gasteiger partial charge in [0.05, 0.1) is 6.10 Å². The van der Waals surface area contributed by atoms with E-state index >= 15 is 0 Å². The molecule has 0 spiro atoms. The minimum atomic E-state index is -0.258. The quantitative estimate of drug-likeness (QED) is 0.396. The molecule has 1 atom stereocenters. The van der Waals surface area contributed by atoms with Gasteiger partial charge in [0.2, 0.25) is 0 Å².